The van der Waals surface area contributed by atoms with Gasteiger partial charge in [-0.3, -0.25) is 4.79 Å². The van der Waals surface area contributed by atoms with Crippen LogP contribution in [0.2, 0.25) is 0 Å². The number of rotatable bonds is 7. The van der Waals surface area contributed by atoms with Gasteiger partial charge < -0.3 is 24.8 Å². The molecule has 2 aliphatic rings. The van der Waals surface area contributed by atoms with Crippen LogP contribution in [0.15, 0.2) is 72.9 Å². The minimum Gasteiger partial charge on any atom is -0.493 e. The number of carbonyl (C=O) groups is 1. The van der Waals surface area contributed by atoms with Crippen molar-refractivity contribution in [2.75, 3.05) is 54.5 Å². The molecular formula is C32H36N4O2S. The summed E-state index contributed by atoms with van der Waals surface area (Å²) >= 11 is 2.03. The average molecular weight is 541 g/mol. The number of fused-ring (bicyclic) bond motifs is 2. The van der Waals surface area contributed by atoms with E-state index in [0.717, 1.165) is 71.6 Å². The number of H-pyrrole nitrogens is 1. The van der Waals surface area contributed by atoms with Crippen molar-refractivity contribution in [3.8, 4) is 16.9 Å². The van der Waals surface area contributed by atoms with Crippen LogP contribution in [0.3, 0.4) is 0 Å². The van der Waals surface area contributed by atoms with Gasteiger partial charge in [0.25, 0.3) is 5.91 Å². The number of nitrogens with one attached hydrogen (secondary N) is 2. The Bertz CT molecular complexity index is 1450. The van der Waals surface area contributed by atoms with Gasteiger partial charge in [-0.05, 0) is 79.2 Å². The summed E-state index contributed by atoms with van der Waals surface area (Å²) in [4.78, 5) is 21.6. The second-order valence-corrected chi connectivity index (χ2v) is 11.7. The Balaban J connectivity index is 1.28. The smallest absolute Gasteiger partial charge is 0.258 e. The van der Waals surface area contributed by atoms with Crippen LogP contribution < -0.4 is 15.0 Å². The molecule has 0 bridgehead atoms. The molecule has 7 heteroatoms. The fourth-order valence-corrected chi connectivity index (χ4v) is 6.49. The zero-order valence-corrected chi connectivity index (χ0v) is 23.3. The first-order valence-electron chi connectivity index (χ1n) is 14.0. The molecule has 1 aromatic heterocycles. The van der Waals surface area contributed by atoms with Crippen molar-refractivity contribution >= 4 is 39.9 Å². The van der Waals surface area contributed by atoms with Gasteiger partial charge in [-0.25, -0.2) is 0 Å². The molecule has 4 aromatic rings. The third-order valence-electron chi connectivity index (χ3n) is 7.70. The Morgan fingerprint density at radius 3 is 2.79 bits per heavy atom. The minimum atomic E-state index is 0.00153. The van der Waals surface area contributed by atoms with E-state index in [0.29, 0.717) is 24.8 Å². The summed E-state index contributed by atoms with van der Waals surface area (Å²) in [7, 11) is 0. The predicted molar refractivity (Wildman–Crippen MR) is 163 cm³/mol. The molecule has 2 N–H and O–H groups in total. The normalized spacial score (nSPS) is 17.9. The molecule has 0 unspecified atom stereocenters. The van der Waals surface area contributed by atoms with Crippen molar-refractivity contribution in [3.05, 3.63) is 78.5 Å². The number of ether oxygens (including phenoxy) is 1. The monoisotopic (exact) mass is 540 g/mol. The van der Waals surface area contributed by atoms with E-state index in [9.17, 15) is 4.79 Å². The number of hydrogen-bond acceptors (Lipinski definition) is 5. The van der Waals surface area contributed by atoms with Crippen LogP contribution in [-0.2, 0) is 0 Å². The molecule has 1 atom stereocenters. The highest BCUT2D eigenvalue weighted by molar-refractivity contribution is 7.99. The number of benzene rings is 3. The summed E-state index contributed by atoms with van der Waals surface area (Å²) in [5.74, 6) is 3.19. The second-order valence-electron chi connectivity index (χ2n) is 10.5. The van der Waals surface area contributed by atoms with Crippen molar-refractivity contribution in [1.82, 2.24) is 9.88 Å². The van der Waals surface area contributed by atoms with Gasteiger partial charge in [0.05, 0.1) is 18.0 Å². The molecule has 39 heavy (non-hydrogen) atoms. The highest BCUT2D eigenvalue weighted by Gasteiger charge is 2.25. The molecule has 6 rings (SSSR count). The summed E-state index contributed by atoms with van der Waals surface area (Å²) in [5.41, 5.74) is 5.78. The Hall–Kier alpha value is -3.42. The molecule has 2 aliphatic heterocycles. The van der Waals surface area contributed by atoms with E-state index in [1.165, 1.54) is 11.5 Å². The quantitative estimate of drug-likeness (QED) is 0.262. The Kier molecular flexibility index (Phi) is 7.79. The van der Waals surface area contributed by atoms with Crippen LogP contribution in [-0.4, -0.2) is 66.1 Å². The largest absolute Gasteiger partial charge is 0.493 e. The minimum absolute atomic E-state index is 0.00153. The lowest BCUT2D eigenvalue weighted by Crippen LogP contribution is -2.34. The maximum atomic E-state index is 13.9. The lowest BCUT2D eigenvalue weighted by molar-refractivity contribution is 0.0986. The van der Waals surface area contributed by atoms with E-state index in [1.54, 1.807) is 0 Å². The molecule has 0 saturated carbocycles. The number of anilines is 2. The third kappa shape index (κ3) is 5.80. The summed E-state index contributed by atoms with van der Waals surface area (Å²) in [6, 6.07) is 22.8. The molecule has 0 spiro atoms. The number of nitrogens with zero attached hydrogens (tertiary/aromatic N) is 2. The number of aromatic amines is 1. The Labute approximate surface area is 234 Å². The standard InChI is InChI=1S/C32H36N4O2S/c1-23-12-15-36(30-6-3-2-5-29(30)34-23)32(37)26-7-9-27(24-8-10-28-25(21-24)11-13-33-28)31(22-26)38-18-4-14-35-16-19-39-20-17-35/h2-3,5-11,13,21-23,33-34H,4,12,14-20H2,1H3/t23-/m0/s1. The van der Waals surface area contributed by atoms with E-state index < -0.39 is 0 Å². The number of hydrogen-bond donors (Lipinski definition) is 2. The summed E-state index contributed by atoms with van der Waals surface area (Å²) in [6.45, 7) is 6.80. The summed E-state index contributed by atoms with van der Waals surface area (Å²) in [6.07, 6.45) is 3.80. The lowest BCUT2D eigenvalue weighted by atomic mass is 10.0. The molecule has 3 aromatic carbocycles. The van der Waals surface area contributed by atoms with E-state index in [2.05, 4.69) is 46.4 Å². The van der Waals surface area contributed by atoms with Crippen LogP contribution in [0.25, 0.3) is 22.0 Å². The third-order valence-corrected chi connectivity index (χ3v) is 8.64. The molecule has 0 radical (unpaired) electrons. The number of amides is 1. The van der Waals surface area contributed by atoms with Crippen LogP contribution in [0.1, 0.15) is 30.1 Å². The highest BCUT2D eigenvalue weighted by atomic mass is 32.2. The van der Waals surface area contributed by atoms with Crippen LogP contribution >= 0.6 is 11.8 Å². The Morgan fingerprint density at radius 1 is 1.03 bits per heavy atom. The zero-order valence-electron chi connectivity index (χ0n) is 22.5. The SMILES string of the molecule is C[C@H]1CCN(C(=O)c2ccc(-c3ccc4[nH]ccc4c3)c(OCCCN3CCSCC3)c2)c2ccccc2N1. The van der Waals surface area contributed by atoms with Crippen LogP contribution in [0, 0.1) is 0 Å². The van der Waals surface area contributed by atoms with Gasteiger partial charge >= 0.3 is 0 Å². The van der Waals surface area contributed by atoms with E-state index in [1.807, 2.05) is 65.3 Å². The van der Waals surface area contributed by atoms with Gasteiger partial charge in [0, 0.05) is 66.6 Å². The van der Waals surface area contributed by atoms with Gasteiger partial charge in [-0.2, -0.15) is 11.8 Å². The van der Waals surface area contributed by atoms with Gasteiger partial charge in [0.15, 0.2) is 0 Å². The second kappa shape index (κ2) is 11.8. The number of para-hydroxylation sites is 2. The molecule has 1 saturated heterocycles. The van der Waals surface area contributed by atoms with Crippen molar-refractivity contribution < 1.29 is 9.53 Å². The first-order valence-corrected chi connectivity index (χ1v) is 15.1. The molecule has 3 heterocycles. The molecule has 1 amide bonds. The number of thioether (sulfide) groups is 1. The van der Waals surface area contributed by atoms with Crippen molar-refractivity contribution in [2.45, 2.75) is 25.8 Å². The number of aromatic nitrogens is 1. The molecule has 1 fully saturated rings. The Morgan fingerprint density at radius 2 is 1.90 bits per heavy atom. The van der Waals surface area contributed by atoms with Gasteiger partial charge in [-0.1, -0.05) is 18.2 Å². The number of carbonyl (C=O) groups excluding carboxylic acids is 1. The fourth-order valence-electron chi connectivity index (χ4n) is 5.51. The van der Waals surface area contributed by atoms with Crippen LogP contribution in [0.5, 0.6) is 5.75 Å². The summed E-state index contributed by atoms with van der Waals surface area (Å²) in [5, 5.41) is 4.70. The van der Waals surface area contributed by atoms with E-state index in [-0.39, 0.29) is 5.91 Å². The fraction of sp³-hybridized carbons (Fsp3) is 0.344. The predicted octanol–water partition coefficient (Wildman–Crippen LogP) is 6.50. The zero-order chi connectivity index (χ0) is 26.6. The van der Waals surface area contributed by atoms with Crippen molar-refractivity contribution in [3.63, 3.8) is 0 Å². The lowest BCUT2D eigenvalue weighted by Gasteiger charge is -2.26. The average Bonchev–Trinajstić information content (AvgIpc) is 3.37. The first kappa shape index (κ1) is 25.8. The van der Waals surface area contributed by atoms with Crippen LogP contribution in [0.4, 0.5) is 11.4 Å². The highest BCUT2D eigenvalue weighted by Crippen LogP contribution is 2.35. The molecule has 6 nitrogen and oxygen atoms in total. The van der Waals surface area contributed by atoms with E-state index in [4.69, 9.17) is 4.74 Å². The summed E-state index contributed by atoms with van der Waals surface area (Å²) < 4.78 is 6.44. The van der Waals surface area contributed by atoms with Gasteiger partial charge in [0.2, 0.25) is 0 Å². The topological polar surface area (TPSA) is 60.6 Å². The van der Waals surface area contributed by atoms with Gasteiger partial charge in [-0.15, -0.1) is 0 Å². The molecular weight excluding hydrogens is 504 g/mol. The molecule has 202 valence electrons. The van der Waals surface area contributed by atoms with Gasteiger partial charge in [0.1, 0.15) is 5.75 Å². The maximum Gasteiger partial charge on any atom is 0.258 e. The molecule has 0 aliphatic carbocycles. The first-order chi connectivity index (χ1) is 19.2. The van der Waals surface area contributed by atoms with Crippen molar-refractivity contribution in [1.29, 1.82) is 0 Å². The maximum absolute atomic E-state index is 13.9. The van der Waals surface area contributed by atoms with E-state index >= 15 is 0 Å². The van der Waals surface area contributed by atoms with Crippen molar-refractivity contribution in [2.24, 2.45) is 0 Å².